The van der Waals surface area contributed by atoms with Gasteiger partial charge in [-0.25, -0.2) is 9.97 Å². The van der Waals surface area contributed by atoms with Crippen molar-refractivity contribution in [2.45, 2.75) is 58.8 Å². The summed E-state index contributed by atoms with van der Waals surface area (Å²) in [7, 11) is 0. The fourth-order valence-electron chi connectivity index (χ4n) is 3.72. The Morgan fingerprint density at radius 2 is 1.71 bits per heavy atom. The van der Waals surface area contributed by atoms with Gasteiger partial charge in [0, 0.05) is 30.4 Å². The van der Waals surface area contributed by atoms with Crippen molar-refractivity contribution in [3.05, 3.63) is 36.2 Å². The zero-order valence-electron chi connectivity index (χ0n) is 16.9. The minimum Gasteiger partial charge on any atom is -0.370 e. The zero-order valence-corrected chi connectivity index (χ0v) is 16.9. The number of carbonyl (C=O) groups excluding carboxylic acids is 1. The third-order valence-corrected chi connectivity index (χ3v) is 5.14. The van der Waals surface area contributed by atoms with Crippen molar-refractivity contribution in [1.29, 1.82) is 0 Å². The molecule has 0 saturated heterocycles. The van der Waals surface area contributed by atoms with Gasteiger partial charge in [0.2, 0.25) is 5.91 Å². The summed E-state index contributed by atoms with van der Waals surface area (Å²) in [6.45, 7) is 4.72. The summed E-state index contributed by atoms with van der Waals surface area (Å²) >= 11 is 0. The van der Waals surface area contributed by atoms with Crippen molar-refractivity contribution in [3.8, 4) is 0 Å². The molecule has 2 aromatic rings. The molecule has 28 heavy (non-hydrogen) atoms. The highest BCUT2D eigenvalue weighted by molar-refractivity contribution is 5.90. The van der Waals surface area contributed by atoms with Crippen LogP contribution >= 0.6 is 0 Å². The van der Waals surface area contributed by atoms with Crippen LogP contribution in [0.1, 0.15) is 57.7 Å². The van der Waals surface area contributed by atoms with Gasteiger partial charge in [-0.05, 0) is 50.5 Å². The van der Waals surface area contributed by atoms with Crippen molar-refractivity contribution in [1.82, 2.24) is 9.97 Å². The molecular formula is C22H31N5O. The summed E-state index contributed by atoms with van der Waals surface area (Å²) in [6, 6.07) is 9.61. The van der Waals surface area contributed by atoms with Gasteiger partial charge in [-0.3, -0.25) is 4.79 Å². The van der Waals surface area contributed by atoms with Gasteiger partial charge in [-0.1, -0.05) is 32.1 Å². The highest BCUT2D eigenvalue weighted by Gasteiger charge is 2.14. The van der Waals surface area contributed by atoms with E-state index in [9.17, 15) is 4.79 Å². The largest absolute Gasteiger partial charge is 0.370 e. The second-order valence-electron chi connectivity index (χ2n) is 7.51. The third kappa shape index (κ3) is 6.22. The van der Waals surface area contributed by atoms with E-state index in [0.29, 0.717) is 12.2 Å². The molecule has 3 N–H and O–H groups in total. The van der Waals surface area contributed by atoms with Crippen LogP contribution in [0.2, 0.25) is 0 Å². The lowest BCUT2D eigenvalue weighted by Gasteiger charge is -2.21. The van der Waals surface area contributed by atoms with Crippen molar-refractivity contribution < 1.29 is 4.79 Å². The Morgan fingerprint density at radius 1 is 1.04 bits per heavy atom. The zero-order chi connectivity index (χ0) is 19.8. The molecule has 0 unspecified atom stereocenters. The van der Waals surface area contributed by atoms with Crippen molar-refractivity contribution in [2.24, 2.45) is 5.92 Å². The average molecular weight is 382 g/mol. The quantitative estimate of drug-likeness (QED) is 0.581. The fourth-order valence-corrected chi connectivity index (χ4v) is 3.72. The minimum absolute atomic E-state index is 0.105. The van der Waals surface area contributed by atoms with Crippen molar-refractivity contribution in [2.75, 3.05) is 22.5 Å². The summed E-state index contributed by atoms with van der Waals surface area (Å²) < 4.78 is 0. The summed E-state index contributed by atoms with van der Waals surface area (Å²) in [4.78, 5) is 21.0. The number of hydrogen-bond acceptors (Lipinski definition) is 5. The monoisotopic (exact) mass is 381 g/mol. The van der Waals surface area contributed by atoms with Crippen molar-refractivity contribution >= 4 is 28.9 Å². The van der Waals surface area contributed by atoms with E-state index in [-0.39, 0.29) is 5.91 Å². The molecule has 0 radical (unpaired) electrons. The van der Waals surface area contributed by atoms with E-state index in [2.05, 4.69) is 25.9 Å². The summed E-state index contributed by atoms with van der Waals surface area (Å²) in [6.07, 6.45) is 8.18. The molecule has 1 amide bonds. The van der Waals surface area contributed by atoms with Gasteiger partial charge in [0.1, 0.15) is 17.5 Å². The number of rotatable bonds is 8. The van der Waals surface area contributed by atoms with Gasteiger partial charge in [0.05, 0.1) is 0 Å². The van der Waals surface area contributed by atoms with E-state index in [1.807, 2.05) is 44.2 Å². The molecule has 6 heteroatoms. The fraction of sp³-hybridized carbons (Fsp3) is 0.500. The van der Waals surface area contributed by atoms with Gasteiger partial charge < -0.3 is 16.0 Å². The van der Waals surface area contributed by atoms with Crippen LogP contribution in [0.15, 0.2) is 30.3 Å². The van der Waals surface area contributed by atoms with E-state index < -0.39 is 0 Å². The standard InChI is InChI=1S/C22H31N5O/c1-3-23-20-15-21(25-16(2)24-20)26-18-10-12-19(13-11-18)27-22(28)14-9-17-7-5-4-6-8-17/h10-13,15,17H,3-9,14H2,1-2H3,(H,27,28)(H2,23,24,25,26). The van der Waals surface area contributed by atoms with Gasteiger partial charge in [0.25, 0.3) is 0 Å². The molecule has 1 aliphatic carbocycles. The average Bonchev–Trinajstić information content (AvgIpc) is 2.69. The molecule has 1 aliphatic rings. The molecule has 0 bridgehead atoms. The van der Waals surface area contributed by atoms with Crippen LogP contribution < -0.4 is 16.0 Å². The third-order valence-electron chi connectivity index (χ3n) is 5.14. The lowest BCUT2D eigenvalue weighted by molar-refractivity contribution is -0.116. The molecule has 6 nitrogen and oxygen atoms in total. The van der Waals surface area contributed by atoms with E-state index in [4.69, 9.17) is 0 Å². The second kappa shape index (κ2) is 10.1. The molecule has 1 saturated carbocycles. The van der Waals surface area contributed by atoms with Crippen LogP contribution in [0.25, 0.3) is 0 Å². The molecule has 0 aliphatic heterocycles. The number of benzene rings is 1. The lowest BCUT2D eigenvalue weighted by atomic mass is 9.86. The van der Waals surface area contributed by atoms with E-state index in [0.717, 1.165) is 41.9 Å². The Hall–Kier alpha value is -2.63. The smallest absolute Gasteiger partial charge is 0.224 e. The number of nitrogens with zero attached hydrogens (tertiary/aromatic N) is 2. The van der Waals surface area contributed by atoms with E-state index in [1.165, 1.54) is 32.1 Å². The van der Waals surface area contributed by atoms with Crippen LogP contribution in [0.3, 0.4) is 0 Å². The number of carbonyl (C=O) groups is 1. The van der Waals surface area contributed by atoms with E-state index in [1.54, 1.807) is 0 Å². The highest BCUT2D eigenvalue weighted by atomic mass is 16.1. The lowest BCUT2D eigenvalue weighted by Crippen LogP contribution is -2.14. The topological polar surface area (TPSA) is 78.9 Å². The van der Waals surface area contributed by atoms with Gasteiger partial charge in [-0.2, -0.15) is 0 Å². The molecule has 1 fully saturated rings. The van der Waals surface area contributed by atoms with Gasteiger partial charge >= 0.3 is 0 Å². The summed E-state index contributed by atoms with van der Waals surface area (Å²) in [5.74, 6) is 3.09. The first-order valence-corrected chi connectivity index (χ1v) is 10.4. The maximum atomic E-state index is 12.2. The molecule has 1 aromatic carbocycles. The van der Waals surface area contributed by atoms with Crippen LogP contribution in [-0.2, 0) is 4.79 Å². The first-order chi connectivity index (χ1) is 13.6. The Labute approximate surface area is 167 Å². The Kier molecular flexibility index (Phi) is 7.23. The predicted octanol–water partition coefficient (Wildman–Crippen LogP) is 5.26. The SMILES string of the molecule is CCNc1cc(Nc2ccc(NC(=O)CCC3CCCCC3)cc2)nc(C)n1. The molecule has 3 rings (SSSR count). The molecule has 1 aromatic heterocycles. The Bertz CT molecular complexity index is 769. The van der Waals surface area contributed by atoms with Crippen LogP contribution in [0.4, 0.5) is 23.0 Å². The predicted molar refractivity (Wildman–Crippen MR) is 115 cm³/mol. The number of hydrogen-bond donors (Lipinski definition) is 3. The maximum absolute atomic E-state index is 12.2. The molecule has 0 spiro atoms. The second-order valence-corrected chi connectivity index (χ2v) is 7.51. The number of anilines is 4. The summed E-state index contributed by atoms with van der Waals surface area (Å²) in [5, 5.41) is 9.50. The number of aryl methyl sites for hydroxylation is 1. The normalized spacial score (nSPS) is 14.5. The molecule has 150 valence electrons. The molecule has 1 heterocycles. The number of aromatic nitrogens is 2. The van der Waals surface area contributed by atoms with Gasteiger partial charge in [-0.15, -0.1) is 0 Å². The number of amides is 1. The van der Waals surface area contributed by atoms with Crippen LogP contribution in [0.5, 0.6) is 0 Å². The molecule has 0 atom stereocenters. The maximum Gasteiger partial charge on any atom is 0.224 e. The van der Waals surface area contributed by atoms with E-state index >= 15 is 0 Å². The Balaban J connectivity index is 1.51. The first-order valence-electron chi connectivity index (χ1n) is 10.4. The molecular weight excluding hydrogens is 350 g/mol. The van der Waals surface area contributed by atoms with Crippen LogP contribution in [-0.4, -0.2) is 22.4 Å². The minimum atomic E-state index is 0.105. The highest BCUT2D eigenvalue weighted by Crippen LogP contribution is 2.27. The summed E-state index contributed by atoms with van der Waals surface area (Å²) in [5.41, 5.74) is 1.74. The van der Waals surface area contributed by atoms with Gasteiger partial charge in [0.15, 0.2) is 0 Å². The van der Waals surface area contributed by atoms with Crippen LogP contribution in [0, 0.1) is 12.8 Å². The Morgan fingerprint density at radius 3 is 2.43 bits per heavy atom. The van der Waals surface area contributed by atoms with Crippen molar-refractivity contribution in [3.63, 3.8) is 0 Å². The first kappa shape index (κ1) is 20.1. The number of nitrogens with one attached hydrogen (secondary N) is 3.